The number of hydrogen-bond acceptors (Lipinski definition) is 5. The van der Waals surface area contributed by atoms with Crippen LogP contribution in [0, 0.1) is 5.41 Å². The van der Waals surface area contributed by atoms with Gasteiger partial charge in [-0.1, -0.05) is 35.0 Å². The number of aromatic nitrogens is 3. The molecule has 0 saturated carbocycles. The molecule has 0 aliphatic heterocycles. The van der Waals surface area contributed by atoms with Gasteiger partial charge in [-0.3, -0.25) is 5.41 Å². The van der Waals surface area contributed by atoms with Crippen LogP contribution in [0.1, 0.15) is 5.56 Å². The summed E-state index contributed by atoms with van der Waals surface area (Å²) in [4.78, 5) is 8.27. The van der Waals surface area contributed by atoms with E-state index in [0.29, 0.717) is 27.7 Å². The predicted molar refractivity (Wildman–Crippen MR) is 79.0 cm³/mol. The highest BCUT2D eigenvalue weighted by Gasteiger charge is 2.14. The standard InChI is InChI=1S/C14H10ClN5O/c15-11-10(5-2-6-18-11)14-19-13(20-21-14)9-4-1-3-8(7-9)12(16)17/h1-7H,(H3,16,17). The zero-order valence-electron chi connectivity index (χ0n) is 10.7. The Labute approximate surface area is 125 Å². The van der Waals surface area contributed by atoms with Crippen LogP contribution in [-0.2, 0) is 0 Å². The minimum atomic E-state index is -0.0177. The lowest BCUT2D eigenvalue weighted by atomic mass is 10.1. The quantitative estimate of drug-likeness (QED) is 0.440. The Bertz CT molecular complexity index is 814. The van der Waals surface area contributed by atoms with Crippen molar-refractivity contribution in [3.8, 4) is 22.8 Å². The van der Waals surface area contributed by atoms with Crippen molar-refractivity contribution in [3.05, 3.63) is 53.3 Å². The van der Waals surface area contributed by atoms with E-state index in [9.17, 15) is 0 Å². The SMILES string of the molecule is N=C(N)c1cccc(-c2noc(-c3cccnc3Cl)n2)c1. The van der Waals surface area contributed by atoms with E-state index in [2.05, 4.69) is 15.1 Å². The molecule has 1 aromatic carbocycles. The van der Waals surface area contributed by atoms with Gasteiger partial charge in [0, 0.05) is 17.3 Å². The second kappa shape index (κ2) is 5.34. The monoisotopic (exact) mass is 299 g/mol. The summed E-state index contributed by atoms with van der Waals surface area (Å²) in [5.41, 5.74) is 7.34. The zero-order valence-corrected chi connectivity index (χ0v) is 11.5. The van der Waals surface area contributed by atoms with Crippen molar-refractivity contribution in [2.75, 3.05) is 0 Å². The molecule has 0 amide bonds. The summed E-state index contributed by atoms with van der Waals surface area (Å²) < 4.78 is 5.22. The number of nitrogens with two attached hydrogens (primary N) is 1. The summed E-state index contributed by atoms with van der Waals surface area (Å²) in [7, 11) is 0. The first-order chi connectivity index (χ1) is 10.1. The third-order valence-electron chi connectivity index (χ3n) is 2.85. The number of nitrogen functional groups attached to an aromatic ring is 1. The van der Waals surface area contributed by atoms with Gasteiger partial charge >= 0.3 is 0 Å². The van der Waals surface area contributed by atoms with Gasteiger partial charge in [-0.05, 0) is 18.2 Å². The molecule has 0 atom stereocenters. The van der Waals surface area contributed by atoms with Crippen LogP contribution in [0.25, 0.3) is 22.8 Å². The van der Waals surface area contributed by atoms with E-state index in [1.165, 1.54) is 0 Å². The molecule has 3 aromatic rings. The van der Waals surface area contributed by atoms with Crippen molar-refractivity contribution in [1.29, 1.82) is 5.41 Å². The third-order valence-corrected chi connectivity index (χ3v) is 3.15. The number of amidine groups is 1. The summed E-state index contributed by atoms with van der Waals surface area (Å²) in [6.45, 7) is 0. The Morgan fingerprint density at radius 1 is 1.24 bits per heavy atom. The van der Waals surface area contributed by atoms with E-state index >= 15 is 0 Å². The number of benzene rings is 1. The first-order valence-corrected chi connectivity index (χ1v) is 6.42. The average Bonchev–Trinajstić information content (AvgIpc) is 2.97. The number of nitrogens with one attached hydrogen (secondary N) is 1. The maximum atomic E-state index is 7.45. The Morgan fingerprint density at radius 2 is 2.10 bits per heavy atom. The van der Waals surface area contributed by atoms with Crippen molar-refractivity contribution < 1.29 is 4.52 Å². The van der Waals surface area contributed by atoms with Gasteiger partial charge in [0.05, 0.1) is 5.56 Å². The van der Waals surface area contributed by atoms with E-state index in [0.717, 1.165) is 0 Å². The maximum Gasteiger partial charge on any atom is 0.261 e. The third kappa shape index (κ3) is 2.61. The molecule has 104 valence electrons. The average molecular weight is 300 g/mol. The van der Waals surface area contributed by atoms with Gasteiger partial charge in [0.1, 0.15) is 11.0 Å². The summed E-state index contributed by atoms with van der Waals surface area (Å²) >= 11 is 6.00. The van der Waals surface area contributed by atoms with Crippen LogP contribution < -0.4 is 5.73 Å². The fourth-order valence-electron chi connectivity index (χ4n) is 1.82. The normalized spacial score (nSPS) is 10.5. The Balaban J connectivity index is 2.01. The van der Waals surface area contributed by atoms with Crippen molar-refractivity contribution in [2.24, 2.45) is 5.73 Å². The van der Waals surface area contributed by atoms with Crippen LogP contribution in [0.15, 0.2) is 47.1 Å². The van der Waals surface area contributed by atoms with Crippen LogP contribution in [0.5, 0.6) is 0 Å². The largest absolute Gasteiger partial charge is 0.384 e. The Morgan fingerprint density at radius 3 is 2.86 bits per heavy atom. The topological polar surface area (TPSA) is 102 Å². The lowest BCUT2D eigenvalue weighted by Crippen LogP contribution is -2.10. The lowest BCUT2D eigenvalue weighted by molar-refractivity contribution is 0.432. The predicted octanol–water partition coefficient (Wildman–Crippen LogP) is 2.74. The number of hydrogen-bond donors (Lipinski definition) is 2. The van der Waals surface area contributed by atoms with Crippen molar-refractivity contribution >= 4 is 17.4 Å². The number of nitrogens with zero attached hydrogens (tertiary/aromatic N) is 3. The summed E-state index contributed by atoms with van der Waals surface area (Å²) in [6.07, 6.45) is 1.58. The second-order valence-corrected chi connectivity index (χ2v) is 4.62. The maximum absolute atomic E-state index is 7.45. The van der Waals surface area contributed by atoms with E-state index < -0.39 is 0 Å². The van der Waals surface area contributed by atoms with Gasteiger partial charge < -0.3 is 10.3 Å². The molecular weight excluding hydrogens is 290 g/mol. The van der Waals surface area contributed by atoms with Gasteiger partial charge in [-0.15, -0.1) is 0 Å². The smallest absolute Gasteiger partial charge is 0.261 e. The van der Waals surface area contributed by atoms with Crippen LogP contribution in [0.2, 0.25) is 5.15 Å². The minimum absolute atomic E-state index is 0.0177. The number of halogens is 1. The molecule has 3 N–H and O–H groups in total. The van der Waals surface area contributed by atoms with E-state index in [4.69, 9.17) is 27.3 Å². The van der Waals surface area contributed by atoms with Crippen LogP contribution in [0.4, 0.5) is 0 Å². The highest BCUT2D eigenvalue weighted by atomic mass is 35.5. The first-order valence-electron chi connectivity index (χ1n) is 6.04. The molecule has 0 saturated heterocycles. The van der Waals surface area contributed by atoms with Crippen LogP contribution >= 0.6 is 11.6 Å². The molecule has 21 heavy (non-hydrogen) atoms. The number of rotatable bonds is 3. The molecule has 0 unspecified atom stereocenters. The summed E-state index contributed by atoms with van der Waals surface area (Å²) in [5, 5.41) is 11.7. The molecular formula is C14H10ClN5O. The molecule has 0 spiro atoms. The molecule has 0 fully saturated rings. The Hall–Kier alpha value is -2.73. The van der Waals surface area contributed by atoms with Gasteiger partial charge in [-0.2, -0.15) is 4.98 Å². The molecule has 0 bridgehead atoms. The molecule has 7 heteroatoms. The highest BCUT2D eigenvalue weighted by molar-refractivity contribution is 6.31. The summed E-state index contributed by atoms with van der Waals surface area (Å²) in [6, 6.07) is 10.5. The molecule has 0 aliphatic carbocycles. The second-order valence-electron chi connectivity index (χ2n) is 4.26. The number of pyridine rings is 1. The van der Waals surface area contributed by atoms with Gasteiger partial charge in [0.25, 0.3) is 5.89 Å². The molecule has 3 rings (SSSR count). The van der Waals surface area contributed by atoms with Crippen LogP contribution in [0.3, 0.4) is 0 Å². The fourth-order valence-corrected chi connectivity index (χ4v) is 2.02. The highest BCUT2D eigenvalue weighted by Crippen LogP contribution is 2.26. The zero-order chi connectivity index (χ0) is 14.8. The molecule has 0 aliphatic rings. The minimum Gasteiger partial charge on any atom is -0.384 e. The Kier molecular flexibility index (Phi) is 3.37. The lowest BCUT2D eigenvalue weighted by Gasteiger charge is -1.99. The van der Waals surface area contributed by atoms with Gasteiger partial charge in [0.15, 0.2) is 0 Å². The summed E-state index contributed by atoms with van der Waals surface area (Å²) in [5.74, 6) is 0.667. The van der Waals surface area contributed by atoms with E-state index in [1.807, 2.05) is 6.07 Å². The van der Waals surface area contributed by atoms with Crippen molar-refractivity contribution in [1.82, 2.24) is 15.1 Å². The molecule has 0 radical (unpaired) electrons. The van der Waals surface area contributed by atoms with Gasteiger partial charge in [0.2, 0.25) is 5.82 Å². The van der Waals surface area contributed by atoms with Gasteiger partial charge in [-0.25, -0.2) is 4.98 Å². The first kappa shape index (κ1) is 13.3. The van der Waals surface area contributed by atoms with E-state index in [1.54, 1.807) is 36.5 Å². The fraction of sp³-hybridized carbons (Fsp3) is 0. The van der Waals surface area contributed by atoms with Crippen molar-refractivity contribution in [2.45, 2.75) is 0 Å². The van der Waals surface area contributed by atoms with Crippen LogP contribution in [-0.4, -0.2) is 21.0 Å². The molecule has 2 heterocycles. The van der Waals surface area contributed by atoms with E-state index in [-0.39, 0.29) is 11.7 Å². The molecule has 2 aromatic heterocycles. The molecule has 6 nitrogen and oxygen atoms in total. The van der Waals surface area contributed by atoms with Crippen molar-refractivity contribution in [3.63, 3.8) is 0 Å².